The second-order valence-corrected chi connectivity index (χ2v) is 7.06. The Morgan fingerprint density at radius 1 is 1.45 bits per heavy atom. The van der Waals surface area contributed by atoms with Gasteiger partial charge in [-0.3, -0.25) is 14.3 Å². The number of aromatic nitrogens is 2. The SMILES string of the molecule is CC(C)CCS[C@@H]1[C@H](O)[C@@H](CO)O[C@H]1n1ccc(=O)[nH]c1=O. The number of hydrogen-bond acceptors (Lipinski definition) is 6. The van der Waals surface area contributed by atoms with Crippen molar-refractivity contribution in [2.24, 2.45) is 5.92 Å². The van der Waals surface area contributed by atoms with Crippen LogP contribution in [0.5, 0.6) is 0 Å². The lowest BCUT2D eigenvalue weighted by Gasteiger charge is -2.21. The number of rotatable bonds is 6. The minimum atomic E-state index is -0.869. The molecule has 0 amide bonds. The summed E-state index contributed by atoms with van der Waals surface area (Å²) in [4.78, 5) is 25.3. The van der Waals surface area contributed by atoms with Crippen LogP contribution < -0.4 is 11.2 Å². The summed E-state index contributed by atoms with van der Waals surface area (Å²) in [6.45, 7) is 3.90. The maximum atomic E-state index is 11.9. The summed E-state index contributed by atoms with van der Waals surface area (Å²) in [5.41, 5.74) is -1.07. The van der Waals surface area contributed by atoms with Gasteiger partial charge >= 0.3 is 5.69 Å². The fourth-order valence-electron chi connectivity index (χ4n) is 2.34. The molecule has 1 aromatic heterocycles. The standard InChI is InChI=1S/C14H22N2O5S/c1-8(2)4-6-22-12-11(19)9(7-17)21-13(12)16-5-3-10(18)15-14(16)20/h3,5,8-9,11-13,17,19H,4,6-7H2,1-2H3,(H,15,18,20)/t9-,11-,12-,13-/m1/s1. The first-order valence-electron chi connectivity index (χ1n) is 7.31. The molecule has 3 N–H and O–H groups in total. The number of thioether (sulfide) groups is 1. The Morgan fingerprint density at radius 3 is 2.77 bits per heavy atom. The lowest BCUT2D eigenvalue weighted by Crippen LogP contribution is -2.36. The molecule has 124 valence electrons. The number of aliphatic hydroxyl groups is 2. The number of nitrogens with one attached hydrogen (secondary N) is 1. The first kappa shape index (κ1) is 17.3. The summed E-state index contributed by atoms with van der Waals surface area (Å²) in [5.74, 6) is 1.35. The predicted molar refractivity (Wildman–Crippen MR) is 84.0 cm³/mol. The van der Waals surface area contributed by atoms with Crippen molar-refractivity contribution in [1.29, 1.82) is 0 Å². The van der Waals surface area contributed by atoms with Crippen LogP contribution in [0.4, 0.5) is 0 Å². The van der Waals surface area contributed by atoms with E-state index in [1.807, 2.05) is 0 Å². The molecule has 2 heterocycles. The minimum Gasteiger partial charge on any atom is -0.394 e. The lowest BCUT2D eigenvalue weighted by molar-refractivity contribution is -0.0457. The highest BCUT2D eigenvalue weighted by atomic mass is 32.2. The van der Waals surface area contributed by atoms with Gasteiger partial charge in [-0.2, -0.15) is 11.8 Å². The van der Waals surface area contributed by atoms with Crippen molar-refractivity contribution >= 4 is 11.8 Å². The van der Waals surface area contributed by atoms with Gasteiger partial charge in [0.25, 0.3) is 5.56 Å². The Bertz CT molecular complexity index is 599. The van der Waals surface area contributed by atoms with Gasteiger partial charge in [-0.1, -0.05) is 13.8 Å². The van der Waals surface area contributed by atoms with Crippen LogP contribution in [0.2, 0.25) is 0 Å². The third kappa shape index (κ3) is 3.81. The largest absolute Gasteiger partial charge is 0.394 e. The molecule has 7 nitrogen and oxygen atoms in total. The number of aromatic amines is 1. The van der Waals surface area contributed by atoms with Crippen molar-refractivity contribution in [3.8, 4) is 0 Å². The van der Waals surface area contributed by atoms with Gasteiger partial charge in [0.1, 0.15) is 6.10 Å². The fraction of sp³-hybridized carbons (Fsp3) is 0.714. The molecule has 8 heteroatoms. The highest BCUT2D eigenvalue weighted by Crippen LogP contribution is 2.37. The molecular formula is C14H22N2O5S. The Hall–Kier alpha value is -1.09. The highest BCUT2D eigenvalue weighted by Gasteiger charge is 2.44. The van der Waals surface area contributed by atoms with Gasteiger partial charge in [-0.15, -0.1) is 0 Å². The van der Waals surface area contributed by atoms with E-state index in [1.54, 1.807) is 0 Å². The van der Waals surface area contributed by atoms with E-state index in [2.05, 4.69) is 18.8 Å². The van der Waals surface area contributed by atoms with Crippen LogP contribution in [-0.2, 0) is 4.74 Å². The molecule has 22 heavy (non-hydrogen) atoms. The zero-order chi connectivity index (χ0) is 16.3. The van der Waals surface area contributed by atoms with Crippen molar-refractivity contribution in [3.63, 3.8) is 0 Å². The summed E-state index contributed by atoms with van der Waals surface area (Å²) in [7, 11) is 0. The lowest BCUT2D eigenvalue weighted by atomic mass is 10.2. The molecule has 0 radical (unpaired) electrons. The van der Waals surface area contributed by atoms with Gasteiger partial charge in [-0.05, 0) is 18.1 Å². The molecule has 2 rings (SSSR count). The van der Waals surface area contributed by atoms with Crippen molar-refractivity contribution in [1.82, 2.24) is 9.55 Å². The van der Waals surface area contributed by atoms with Gasteiger partial charge in [0, 0.05) is 12.3 Å². The van der Waals surface area contributed by atoms with Gasteiger partial charge < -0.3 is 14.9 Å². The fourth-order valence-corrected chi connectivity index (χ4v) is 3.95. The Morgan fingerprint density at radius 2 is 2.18 bits per heavy atom. The average molecular weight is 330 g/mol. The highest BCUT2D eigenvalue weighted by molar-refractivity contribution is 8.00. The van der Waals surface area contributed by atoms with E-state index < -0.39 is 29.7 Å². The number of hydrogen-bond donors (Lipinski definition) is 3. The molecule has 0 bridgehead atoms. The molecule has 1 aliphatic heterocycles. The predicted octanol–water partition coefficient (Wildman–Crippen LogP) is -0.0649. The van der Waals surface area contributed by atoms with E-state index in [4.69, 9.17) is 4.74 Å². The van der Waals surface area contributed by atoms with E-state index in [0.717, 1.165) is 12.2 Å². The maximum Gasteiger partial charge on any atom is 0.330 e. The number of H-pyrrole nitrogens is 1. The molecular weight excluding hydrogens is 308 g/mol. The van der Waals surface area contributed by atoms with E-state index >= 15 is 0 Å². The monoisotopic (exact) mass is 330 g/mol. The Balaban J connectivity index is 2.22. The zero-order valence-corrected chi connectivity index (χ0v) is 13.5. The molecule has 0 unspecified atom stereocenters. The third-order valence-corrected chi connectivity index (χ3v) is 4.99. The summed E-state index contributed by atoms with van der Waals surface area (Å²) in [6.07, 6.45) is 0.0132. The summed E-state index contributed by atoms with van der Waals surface area (Å²) >= 11 is 1.52. The first-order valence-corrected chi connectivity index (χ1v) is 8.36. The van der Waals surface area contributed by atoms with Crippen LogP contribution in [0.15, 0.2) is 21.9 Å². The van der Waals surface area contributed by atoms with Gasteiger partial charge in [0.15, 0.2) is 6.23 Å². The van der Waals surface area contributed by atoms with Gasteiger partial charge in [-0.25, -0.2) is 4.79 Å². The number of ether oxygens (including phenoxy) is 1. The summed E-state index contributed by atoms with van der Waals surface area (Å²) in [5, 5.41) is 19.2. The molecule has 1 saturated heterocycles. The summed E-state index contributed by atoms with van der Waals surface area (Å²) < 4.78 is 6.88. The van der Waals surface area contributed by atoms with E-state index in [-0.39, 0.29) is 11.9 Å². The van der Waals surface area contributed by atoms with Gasteiger partial charge in [0.05, 0.1) is 18.0 Å². The summed E-state index contributed by atoms with van der Waals surface area (Å²) in [6, 6.07) is 1.24. The topological polar surface area (TPSA) is 105 Å². The molecule has 1 aliphatic rings. The van der Waals surface area contributed by atoms with Crippen molar-refractivity contribution in [3.05, 3.63) is 33.1 Å². The van der Waals surface area contributed by atoms with Crippen LogP contribution in [0.3, 0.4) is 0 Å². The first-order chi connectivity index (χ1) is 10.4. The van der Waals surface area contributed by atoms with Crippen LogP contribution >= 0.6 is 11.8 Å². The maximum absolute atomic E-state index is 11.9. The normalized spacial score (nSPS) is 28.4. The Kier molecular flexibility index (Phi) is 5.85. The second kappa shape index (κ2) is 7.45. The minimum absolute atomic E-state index is 0.322. The van der Waals surface area contributed by atoms with Crippen molar-refractivity contribution in [2.75, 3.05) is 12.4 Å². The molecule has 0 spiro atoms. The van der Waals surface area contributed by atoms with Crippen LogP contribution in [0.1, 0.15) is 26.5 Å². The third-order valence-electron chi connectivity index (χ3n) is 3.62. The molecule has 0 saturated carbocycles. The van der Waals surface area contributed by atoms with Crippen LogP contribution in [0.25, 0.3) is 0 Å². The molecule has 4 atom stereocenters. The van der Waals surface area contributed by atoms with E-state index in [9.17, 15) is 19.8 Å². The molecule has 1 aromatic rings. The quantitative estimate of drug-likeness (QED) is 0.675. The van der Waals surface area contributed by atoms with Crippen molar-refractivity contribution in [2.45, 2.75) is 44.0 Å². The average Bonchev–Trinajstić information content (AvgIpc) is 2.75. The Labute approximate surface area is 132 Å². The van der Waals surface area contributed by atoms with Gasteiger partial charge in [0.2, 0.25) is 0 Å². The molecule has 0 aliphatic carbocycles. The van der Waals surface area contributed by atoms with Crippen molar-refractivity contribution < 1.29 is 14.9 Å². The van der Waals surface area contributed by atoms with E-state index in [1.165, 1.54) is 28.6 Å². The zero-order valence-electron chi connectivity index (χ0n) is 12.6. The van der Waals surface area contributed by atoms with Crippen LogP contribution in [0, 0.1) is 5.92 Å². The van der Waals surface area contributed by atoms with E-state index in [0.29, 0.717) is 5.92 Å². The molecule has 0 aromatic carbocycles. The number of nitrogens with zero attached hydrogens (tertiary/aromatic N) is 1. The van der Waals surface area contributed by atoms with Crippen LogP contribution in [-0.4, -0.2) is 49.6 Å². The number of aliphatic hydroxyl groups excluding tert-OH is 2. The second-order valence-electron chi connectivity index (χ2n) is 5.77. The smallest absolute Gasteiger partial charge is 0.330 e. The molecule has 1 fully saturated rings.